The predicted octanol–water partition coefficient (Wildman–Crippen LogP) is 3.43. The number of hydrogen-bond donors (Lipinski definition) is 0. The fraction of sp³-hybridized carbons (Fsp3) is 0.381. The smallest absolute Gasteiger partial charge is 0.305 e. The Bertz CT molecular complexity index is 750. The summed E-state index contributed by atoms with van der Waals surface area (Å²) >= 11 is 0. The van der Waals surface area contributed by atoms with E-state index >= 15 is 0 Å². The van der Waals surface area contributed by atoms with Crippen LogP contribution >= 0.6 is 0 Å². The highest BCUT2D eigenvalue weighted by atomic mass is 16.7. The SMILES string of the molecule is COC(=O)CCc1ccc(OCc2ccc(OC)cc2)c(C2OCCO2)c1. The molecule has 1 aliphatic heterocycles. The minimum atomic E-state index is -0.450. The number of carbonyl (C=O) groups excluding carboxylic acids is 1. The van der Waals surface area contributed by atoms with E-state index in [1.165, 1.54) is 7.11 Å². The van der Waals surface area contributed by atoms with Gasteiger partial charge < -0.3 is 23.7 Å². The highest BCUT2D eigenvalue weighted by molar-refractivity contribution is 5.69. The third-order valence-electron chi connectivity index (χ3n) is 4.35. The maximum atomic E-state index is 11.4. The average molecular weight is 372 g/mol. The lowest BCUT2D eigenvalue weighted by Gasteiger charge is -2.17. The molecule has 0 amide bonds. The Morgan fingerprint density at radius 1 is 1.04 bits per heavy atom. The summed E-state index contributed by atoms with van der Waals surface area (Å²) in [6.45, 7) is 1.52. The first-order valence-electron chi connectivity index (χ1n) is 8.88. The van der Waals surface area contributed by atoms with Crippen LogP contribution in [0.25, 0.3) is 0 Å². The number of ether oxygens (including phenoxy) is 5. The van der Waals surface area contributed by atoms with Crippen molar-refractivity contribution in [1.82, 2.24) is 0 Å². The summed E-state index contributed by atoms with van der Waals surface area (Å²) in [6, 6.07) is 13.6. The zero-order valence-corrected chi connectivity index (χ0v) is 15.6. The van der Waals surface area contributed by atoms with Crippen LogP contribution in [0.4, 0.5) is 0 Å². The van der Waals surface area contributed by atoms with Gasteiger partial charge in [-0.3, -0.25) is 4.79 Å². The Kier molecular flexibility index (Phi) is 6.68. The van der Waals surface area contributed by atoms with E-state index in [2.05, 4.69) is 0 Å². The van der Waals surface area contributed by atoms with Crippen molar-refractivity contribution < 1.29 is 28.5 Å². The van der Waals surface area contributed by atoms with Crippen LogP contribution in [0.1, 0.15) is 29.4 Å². The molecule has 2 aromatic rings. The summed E-state index contributed by atoms with van der Waals surface area (Å²) in [5, 5.41) is 0. The zero-order chi connectivity index (χ0) is 19.1. The molecule has 0 atom stereocenters. The second kappa shape index (κ2) is 9.39. The summed E-state index contributed by atoms with van der Waals surface area (Å²) < 4.78 is 27.2. The van der Waals surface area contributed by atoms with Crippen LogP contribution in [0.2, 0.25) is 0 Å². The lowest BCUT2D eigenvalue weighted by atomic mass is 10.0. The largest absolute Gasteiger partial charge is 0.497 e. The molecule has 0 N–H and O–H groups in total. The van der Waals surface area contributed by atoms with Gasteiger partial charge in [0.25, 0.3) is 0 Å². The molecule has 1 heterocycles. The van der Waals surface area contributed by atoms with Crippen LogP contribution in [0, 0.1) is 0 Å². The zero-order valence-electron chi connectivity index (χ0n) is 15.6. The first-order valence-corrected chi connectivity index (χ1v) is 8.88. The molecule has 0 spiro atoms. The van der Waals surface area contributed by atoms with Gasteiger partial charge in [-0.15, -0.1) is 0 Å². The quantitative estimate of drug-likeness (QED) is 0.662. The van der Waals surface area contributed by atoms with Crippen molar-refractivity contribution in [2.45, 2.75) is 25.7 Å². The molecule has 0 aromatic heterocycles. The number of rotatable bonds is 8. The second-order valence-electron chi connectivity index (χ2n) is 6.16. The van der Waals surface area contributed by atoms with Gasteiger partial charge in [-0.25, -0.2) is 0 Å². The van der Waals surface area contributed by atoms with E-state index in [0.29, 0.717) is 38.4 Å². The molecule has 3 rings (SSSR count). The third-order valence-corrected chi connectivity index (χ3v) is 4.35. The maximum absolute atomic E-state index is 11.4. The summed E-state index contributed by atoms with van der Waals surface area (Å²) in [4.78, 5) is 11.4. The summed E-state index contributed by atoms with van der Waals surface area (Å²) in [5.74, 6) is 1.28. The van der Waals surface area contributed by atoms with Gasteiger partial charge in [-0.05, 0) is 41.8 Å². The standard InChI is InChI=1S/C21H24O6/c1-23-17-7-3-16(4-8-17)14-27-19-9-5-15(6-10-20(22)24-2)13-18(19)21-25-11-12-26-21/h3-5,7-9,13,21H,6,10-12,14H2,1-2H3. The van der Waals surface area contributed by atoms with Gasteiger partial charge in [0.15, 0.2) is 6.29 Å². The minimum absolute atomic E-state index is 0.232. The number of methoxy groups -OCH3 is 2. The Morgan fingerprint density at radius 3 is 2.41 bits per heavy atom. The fourth-order valence-corrected chi connectivity index (χ4v) is 2.84. The first-order chi connectivity index (χ1) is 13.2. The molecule has 0 bridgehead atoms. The van der Waals surface area contributed by atoms with Crippen molar-refractivity contribution in [3.8, 4) is 11.5 Å². The minimum Gasteiger partial charge on any atom is -0.497 e. The van der Waals surface area contributed by atoms with Gasteiger partial charge in [0.1, 0.15) is 18.1 Å². The van der Waals surface area contributed by atoms with Crippen LogP contribution < -0.4 is 9.47 Å². The second-order valence-corrected chi connectivity index (χ2v) is 6.16. The Balaban J connectivity index is 1.72. The van der Waals surface area contributed by atoms with E-state index in [4.69, 9.17) is 23.7 Å². The number of hydrogen-bond acceptors (Lipinski definition) is 6. The van der Waals surface area contributed by atoms with Crippen LogP contribution in [0.3, 0.4) is 0 Å². The average Bonchev–Trinajstić information content (AvgIpc) is 3.25. The number of esters is 1. The lowest BCUT2D eigenvalue weighted by molar-refractivity contribution is -0.140. The molecule has 27 heavy (non-hydrogen) atoms. The molecule has 0 aliphatic carbocycles. The van der Waals surface area contributed by atoms with E-state index in [-0.39, 0.29) is 5.97 Å². The van der Waals surface area contributed by atoms with E-state index in [9.17, 15) is 4.79 Å². The summed E-state index contributed by atoms with van der Waals surface area (Å²) in [5.41, 5.74) is 2.87. The van der Waals surface area contributed by atoms with Crippen molar-refractivity contribution in [2.24, 2.45) is 0 Å². The first kappa shape index (κ1) is 19.2. The van der Waals surface area contributed by atoms with Gasteiger partial charge in [0, 0.05) is 6.42 Å². The molecule has 144 valence electrons. The Labute approximate surface area is 158 Å². The third kappa shape index (κ3) is 5.21. The normalized spacial score (nSPS) is 14.1. The number of benzene rings is 2. The van der Waals surface area contributed by atoms with Crippen LogP contribution in [0.15, 0.2) is 42.5 Å². The monoisotopic (exact) mass is 372 g/mol. The molecule has 1 fully saturated rings. The van der Waals surface area contributed by atoms with E-state index < -0.39 is 6.29 Å². The molecular weight excluding hydrogens is 348 g/mol. The lowest BCUT2D eigenvalue weighted by Crippen LogP contribution is -2.06. The van der Waals surface area contributed by atoms with Gasteiger partial charge in [-0.2, -0.15) is 0 Å². The van der Waals surface area contributed by atoms with Crippen LogP contribution in [-0.4, -0.2) is 33.4 Å². The van der Waals surface area contributed by atoms with Crippen LogP contribution in [-0.2, 0) is 32.0 Å². The van der Waals surface area contributed by atoms with Crippen molar-refractivity contribution >= 4 is 5.97 Å². The van der Waals surface area contributed by atoms with Gasteiger partial charge in [0.2, 0.25) is 0 Å². The van der Waals surface area contributed by atoms with E-state index in [0.717, 1.165) is 22.4 Å². The molecule has 0 radical (unpaired) electrons. The molecule has 1 saturated heterocycles. The maximum Gasteiger partial charge on any atom is 0.305 e. The van der Waals surface area contributed by atoms with Gasteiger partial charge >= 0.3 is 5.97 Å². The fourth-order valence-electron chi connectivity index (χ4n) is 2.84. The number of carbonyl (C=O) groups is 1. The van der Waals surface area contributed by atoms with Gasteiger partial charge in [0.05, 0.1) is 33.0 Å². The molecule has 6 nitrogen and oxygen atoms in total. The molecule has 2 aromatic carbocycles. The summed E-state index contributed by atoms with van der Waals surface area (Å²) in [6.07, 6.45) is 0.466. The molecule has 0 saturated carbocycles. The van der Waals surface area contributed by atoms with Crippen molar-refractivity contribution in [2.75, 3.05) is 27.4 Å². The molecule has 1 aliphatic rings. The highest BCUT2D eigenvalue weighted by Crippen LogP contribution is 2.33. The van der Waals surface area contributed by atoms with E-state index in [1.807, 2.05) is 42.5 Å². The van der Waals surface area contributed by atoms with Gasteiger partial charge in [-0.1, -0.05) is 18.2 Å². The summed E-state index contributed by atoms with van der Waals surface area (Å²) in [7, 11) is 3.03. The van der Waals surface area contributed by atoms with Crippen LogP contribution in [0.5, 0.6) is 11.5 Å². The number of aryl methyl sites for hydroxylation is 1. The topological polar surface area (TPSA) is 63.2 Å². The predicted molar refractivity (Wildman–Crippen MR) is 98.8 cm³/mol. The molecule has 6 heteroatoms. The molecule has 0 unspecified atom stereocenters. The van der Waals surface area contributed by atoms with Crippen molar-refractivity contribution in [3.05, 3.63) is 59.2 Å². The van der Waals surface area contributed by atoms with Crippen molar-refractivity contribution in [1.29, 1.82) is 0 Å². The Morgan fingerprint density at radius 2 is 1.74 bits per heavy atom. The highest BCUT2D eigenvalue weighted by Gasteiger charge is 2.23. The molecular formula is C21H24O6. The Hall–Kier alpha value is -2.57. The van der Waals surface area contributed by atoms with E-state index in [1.54, 1.807) is 7.11 Å². The van der Waals surface area contributed by atoms with Crippen molar-refractivity contribution in [3.63, 3.8) is 0 Å².